The van der Waals surface area contributed by atoms with Crippen molar-refractivity contribution < 1.29 is 23.8 Å². The Hall–Kier alpha value is -3.52. The number of benzene rings is 1. The monoisotopic (exact) mass is 438 g/mol. The van der Waals surface area contributed by atoms with Gasteiger partial charge in [-0.25, -0.2) is 4.39 Å². The summed E-state index contributed by atoms with van der Waals surface area (Å²) in [4.78, 5) is 32.3. The van der Waals surface area contributed by atoms with Gasteiger partial charge in [0, 0.05) is 23.8 Å². The van der Waals surface area contributed by atoms with Crippen molar-refractivity contribution >= 4 is 28.8 Å². The molecule has 1 fully saturated rings. The molecule has 0 aliphatic carbocycles. The van der Waals surface area contributed by atoms with Gasteiger partial charge in [-0.15, -0.1) is 11.3 Å². The number of halogens is 1. The van der Waals surface area contributed by atoms with Crippen LogP contribution in [0.15, 0.2) is 59.7 Å². The van der Waals surface area contributed by atoms with Gasteiger partial charge in [0.05, 0.1) is 18.2 Å². The average Bonchev–Trinajstić information content (AvgIpc) is 3.30. The third-order valence-electron chi connectivity index (χ3n) is 5.18. The summed E-state index contributed by atoms with van der Waals surface area (Å²) in [7, 11) is 1.38. The fourth-order valence-electron chi connectivity index (χ4n) is 3.68. The fourth-order valence-corrected chi connectivity index (χ4v) is 4.73. The van der Waals surface area contributed by atoms with Crippen LogP contribution in [0.2, 0.25) is 0 Å². The summed E-state index contributed by atoms with van der Waals surface area (Å²) >= 11 is 1.38. The summed E-state index contributed by atoms with van der Waals surface area (Å²) < 4.78 is 19.2. The molecule has 0 saturated carbocycles. The third kappa shape index (κ3) is 3.70. The minimum Gasteiger partial charge on any atom is -0.507 e. The van der Waals surface area contributed by atoms with Crippen LogP contribution >= 0.6 is 11.3 Å². The van der Waals surface area contributed by atoms with Gasteiger partial charge in [-0.05, 0) is 53.8 Å². The van der Waals surface area contributed by atoms with E-state index in [2.05, 4.69) is 4.98 Å². The van der Waals surface area contributed by atoms with E-state index in [1.807, 2.05) is 18.4 Å². The molecule has 3 aromatic rings. The van der Waals surface area contributed by atoms with Crippen LogP contribution in [0.3, 0.4) is 0 Å². The molecule has 2 aromatic heterocycles. The zero-order valence-corrected chi connectivity index (χ0v) is 17.6. The van der Waals surface area contributed by atoms with Crippen LogP contribution in [0.25, 0.3) is 5.76 Å². The Morgan fingerprint density at radius 1 is 1.29 bits per heavy atom. The van der Waals surface area contributed by atoms with Crippen molar-refractivity contribution in [1.82, 2.24) is 9.88 Å². The van der Waals surface area contributed by atoms with Crippen LogP contribution in [-0.2, 0) is 16.1 Å². The van der Waals surface area contributed by atoms with E-state index in [9.17, 15) is 19.1 Å². The number of methoxy groups -OCH3 is 1. The molecule has 4 rings (SSSR count). The zero-order valence-electron chi connectivity index (χ0n) is 16.8. The minimum absolute atomic E-state index is 0.0149. The van der Waals surface area contributed by atoms with Crippen molar-refractivity contribution in [3.8, 4) is 5.75 Å². The summed E-state index contributed by atoms with van der Waals surface area (Å²) in [6.07, 6.45) is 3.24. The van der Waals surface area contributed by atoms with Crippen molar-refractivity contribution in [2.75, 3.05) is 7.11 Å². The lowest BCUT2D eigenvalue weighted by Crippen LogP contribution is -2.29. The van der Waals surface area contributed by atoms with Crippen molar-refractivity contribution in [3.05, 3.63) is 87.1 Å². The van der Waals surface area contributed by atoms with E-state index < -0.39 is 29.3 Å². The van der Waals surface area contributed by atoms with Crippen molar-refractivity contribution in [3.63, 3.8) is 0 Å². The van der Waals surface area contributed by atoms with E-state index in [-0.39, 0.29) is 23.4 Å². The molecule has 8 heteroatoms. The minimum atomic E-state index is -0.828. The van der Waals surface area contributed by atoms with Crippen LogP contribution in [0.4, 0.5) is 4.39 Å². The maximum atomic E-state index is 13.9. The topological polar surface area (TPSA) is 79.7 Å². The number of pyridine rings is 1. The van der Waals surface area contributed by atoms with Crippen molar-refractivity contribution in [2.45, 2.75) is 19.5 Å². The van der Waals surface area contributed by atoms with Gasteiger partial charge >= 0.3 is 0 Å². The largest absolute Gasteiger partial charge is 0.507 e. The van der Waals surface area contributed by atoms with Crippen molar-refractivity contribution in [2.24, 2.45) is 0 Å². The molecule has 1 saturated heterocycles. The number of aromatic nitrogens is 1. The first kappa shape index (κ1) is 20.7. The molecule has 31 heavy (non-hydrogen) atoms. The van der Waals surface area contributed by atoms with Crippen LogP contribution in [0.5, 0.6) is 5.75 Å². The van der Waals surface area contributed by atoms with Gasteiger partial charge < -0.3 is 14.7 Å². The summed E-state index contributed by atoms with van der Waals surface area (Å²) in [5, 5.41) is 13.0. The number of nitrogens with zero attached hydrogens (tertiary/aromatic N) is 2. The molecule has 1 aliphatic rings. The number of hydrogen-bond acceptors (Lipinski definition) is 6. The predicted octanol–water partition coefficient (Wildman–Crippen LogP) is 4.22. The van der Waals surface area contributed by atoms with Crippen LogP contribution in [0.1, 0.15) is 27.6 Å². The lowest BCUT2D eigenvalue weighted by atomic mass is 9.97. The number of ether oxygens (including phenoxy) is 1. The molecular formula is C23H19FN2O4S. The lowest BCUT2D eigenvalue weighted by Gasteiger charge is -2.25. The van der Waals surface area contributed by atoms with Gasteiger partial charge in [0.2, 0.25) is 0 Å². The molecular weight excluding hydrogens is 419 g/mol. The van der Waals surface area contributed by atoms with Gasteiger partial charge in [-0.3, -0.25) is 14.6 Å². The summed E-state index contributed by atoms with van der Waals surface area (Å²) in [6, 6.07) is 8.26. The number of ketones is 1. The maximum Gasteiger partial charge on any atom is 0.295 e. The van der Waals surface area contributed by atoms with E-state index in [0.29, 0.717) is 0 Å². The molecule has 1 atom stereocenters. The number of amides is 1. The molecule has 1 amide bonds. The van der Waals surface area contributed by atoms with E-state index in [1.54, 1.807) is 24.5 Å². The molecule has 0 spiro atoms. The SMILES string of the molecule is COc1ccc(F)cc1/C(O)=C1\C(=O)C(=O)N(Cc2cccnc2)C1c1sccc1C. The van der Waals surface area contributed by atoms with Gasteiger partial charge in [-0.2, -0.15) is 0 Å². The van der Waals surface area contributed by atoms with Gasteiger partial charge in [0.15, 0.2) is 0 Å². The Kier molecular flexibility index (Phi) is 5.56. The second-order valence-corrected chi connectivity index (χ2v) is 8.05. The molecule has 3 heterocycles. The van der Waals surface area contributed by atoms with E-state index in [0.717, 1.165) is 22.1 Å². The second-order valence-electron chi connectivity index (χ2n) is 7.10. The number of aliphatic hydroxyl groups is 1. The second kappa shape index (κ2) is 8.31. The first-order valence-corrected chi connectivity index (χ1v) is 10.4. The highest BCUT2D eigenvalue weighted by molar-refractivity contribution is 7.10. The molecule has 0 bridgehead atoms. The number of likely N-dealkylation sites (tertiary alicyclic amines) is 1. The molecule has 1 unspecified atom stereocenters. The Morgan fingerprint density at radius 2 is 2.10 bits per heavy atom. The number of Topliss-reactive ketones (excluding diaryl/α,β-unsaturated/α-hetero) is 1. The summed E-state index contributed by atoms with van der Waals surface area (Å²) in [5.74, 6) is -2.44. The molecule has 1 N–H and O–H groups in total. The summed E-state index contributed by atoms with van der Waals surface area (Å²) in [6.45, 7) is 2.01. The standard InChI is InChI=1S/C23H19FN2O4S/c1-13-7-9-31-22(13)19-18(20(27)16-10-15(24)5-6-17(16)30-2)21(28)23(29)26(19)12-14-4-3-8-25-11-14/h3-11,19,27H,12H2,1-2H3/b20-18+. The molecule has 1 aromatic carbocycles. The Balaban J connectivity index is 1.91. The van der Waals surface area contributed by atoms with E-state index >= 15 is 0 Å². The zero-order chi connectivity index (χ0) is 22.1. The number of aryl methyl sites for hydroxylation is 1. The smallest absolute Gasteiger partial charge is 0.295 e. The molecule has 6 nitrogen and oxygen atoms in total. The normalized spacial score (nSPS) is 17.9. The lowest BCUT2D eigenvalue weighted by molar-refractivity contribution is -0.140. The first-order chi connectivity index (χ1) is 14.9. The third-order valence-corrected chi connectivity index (χ3v) is 6.25. The Morgan fingerprint density at radius 3 is 2.74 bits per heavy atom. The highest BCUT2D eigenvalue weighted by Crippen LogP contribution is 2.44. The first-order valence-electron chi connectivity index (χ1n) is 9.47. The van der Waals surface area contributed by atoms with Gasteiger partial charge in [0.1, 0.15) is 23.4 Å². The number of carbonyl (C=O) groups excluding carboxylic acids is 2. The predicted molar refractivity (Wildman–Crippen MR) is 114 cm³/mol. The van der Waals surface area contributed by atoms with Crippen LogP contribution in [-0.4, -0.2) is 33.8 Å². The number of aliphatic hydroxyl groups excluding tert-OH is 1. The number of hydrogen-bond donors (Lipinski definition) is 1. The molecule has 0 radical (unpaired) electrons. The van der Waals surface area contributed by atoms with E-state index in [4.69, 9.17) is 4.74 Å². The number of carbonyl (C=O) groups is 2. The van der Waals surface area contributed by atoms with Crippen molar-refractivity contribution in [1.29, 1.82) is 0 Å². The summed E-state index contributed by atoms with van der Waals surface area (Å²) in [5.41, 5.74) is 1.54. The van der Waals surface area contributed by atoms with Gasteiger partial charge in [-0.1, -0.05) is 6.07 Å². The fraction of sp³-hybridized carbons (Fsp3) is 0.174. The average molecular weight is 438 g/mol. The Bertz CT molecular complexity index is 1190. The maximum absolute atomic E-state index is 13.9. The van der Waals surface area contributed by atoms with Crippen LogP contribution in [0, 0.1) is 12.7 Å². The highest BCUT2D eigenvalue weighted by Gasteiger charge is 2.47. The van der Waals surface area contributed by atoms with Crippen LogP contribution < -0.4 is 4.74 Å². The quantitative estimate of drug-likeness (QED) is 0.367. The molecule has 158 valence electrons. The number of rotatable bonds is 5. The Labute approximate surface area is 182 Å². The van der Waals surface area contributed by atoms with Gasteiger partial charge in [0.25, 0.3) is 11.7 Å². The molecule has 1 aliphatic heterocycles. The number of thiophene rings is 1. The highest BCUT2D eigenvalue weighted by atomic mass is 32.1. The van der Waals surface area contributed by atoms with E-state index in [1.165, 1.54) is 35.5 Å².